The Morgan fingerprint density at radius 3 is 2.37 bits per heavy atom. The number of likely N-dealkylation sites (N-methyl/N-ethyl adjacent to an activating group) is 1. The van der Waals surface area contributed by atoms with Crippen molar-refractivity contribution in [3.8, 4) is 5.75 Å². The summed E-state index contributed by atoms with van der Waals surface area (Å²) in [6.07, 6.45) is -0.0283. The van der Waals surface area contributed by atoms with Gasteiger partial charge in [-0.25, -0.2) is 0 Å². The number of aliphatic hydroxyl groups excluding tert-OH is 1. The number of rotatable bonds is 10. The van der Waals surface area contributed by atoms with Crippen LogP contribution in [0.4, 0.5) is 5.69 Å². The molecule has 2 aromatic carbocycles. The lowest BCUT2D eigenvalue weighted by Crippen LogP contribution is -2.38. The van der Waals surface area contributed by atoms with Gasteiger partial charge in [0.2, 0.25) is 0 Å². The molecule has 0 aliphatic carbocycles. The third-order valence-corrected chi connectivity index (χ3v) is 5.99. The summed E-state index contributed by atoms with van der Waals surface area (Å²) >= 11 is 0. The molecular weight excluding hydrogens is 450 g/mol. The molecule has 1 atom stereocenters. The summed E-state index contributed by atoms with van der Waals surface area (Å²) < 4.78 is 5.64. The van der Waals surface area contributed by atoms with Gasteiger partial charge in [0, 0.05) is 30.8 Å². The SMILES string of the molecule is CCN(CC)CCN1C(=O)C(=O)/C(=C(/O)c2ccc(OC(C)C)cc2)C1c1cccc([N+](=O)[O-])c1. The summed E-state index contributed by atoms with van der Waals surface area (Å²) in [5.74, 6) is -1.29. The number of nitrogens with zero attached hydrogens (tertiary/aromatic N) is 3. The molecule has 3 rings (SSSR count). The van der Waals surface area contributed by atoms with Gasteiger partial charge in [0.15, 0.2) is 0 Å². The monoisotopic (exact) mass is 481 g/mol. The van der Waals surface area contributed by atoms with Crippen LogP contribution in [-0.2, 0) is 9.59 Å². The van der Waals surface area contributed by atoms with Crippen molar-refractivity contribution < 1.29 is 24.4 Å². The van der Waals surface area contributed by atoms with Gasteiger partial charge in [0.25, 0.3) is 17.4 Å². The van der Waals surface area contributed by atoms with Crippen LogP contribution >= 0.6 is 0 Å². The summed E-state index contributed by atoms with van der Waals surface area (Å²) in [5.41, 5.74) is 0.483. The molecule has 35 heavy (non-hydrogen) atoms. The summed E-state index contributed by atoms with van der Waals surface area (Å²) in [5, 5.41) is 22.6. The van der Waals surface area contributed by atoms with Crippen molar-refractivity contribution in [1.82, 2.24) is 9.80 Å². The van der Waals surface area contributed by atoms with E-state index in [0.29, 0.717) is 23.4 Å². The minimum atomic E-state index is -0.947. The first-order chi connectivity index (χ1) is 16.7. The van der Waals surface area contributed by atoms with Crippen LogP contribution < -0.4 is 4.74 Å². The number of carbonyl (C=O) groups is 2. The number of ether oxygens (including phenoxy) is 1. The van der Waals surface area contributed by atoms with Gasteiger partial charge in [0.05, 0.1) is 22.6 Å². The number of likely N-dealkylation sites (tertiary alicyclic amines) is 1. The van der Waals surface area contributed by atoms with Crippen molar-refractivity contribution in [2.45, 2.75) is 39.8 Å². The lowest BCUT2D eigenvalue weighted by Gasteiger charge is -2.28. The molecule has 0 bridgehead atoms. The Morgan fingerprint density at radius 1 is 1.14 bits per heavy atom. The zero-order chi connectivity index (χ0) is 25.7. The zero-order valence-corrected chi connectivity index (χ0v) is 20.4. The minimum Gasteiger partial charge on any atom is -0.507 e. The smallest absolute Gasteiger partial charge is 0.295 e. The molecule has 9 heteroatoms. The van der Waals surface area contributed by atoms with Gasteiger partial charge < -0.3 is 19.6 Å². The Labute approximate surface area is 204 Å². The summed E-state index contributed by atoms with van der Waals surface area (Å²) in [4.78, 5) is 40.6. The van der Waals surface area contributed by atoms with E-state index >= 15 is 0 Å². The molecule has 2 aromatic rings. The fourth-order valence-corrected chi connectivity index (χ4v) is 4.17. The second-order valence-corrected chi connectivity index (χ2v) is 8.56. The quantitative estimate of drug-likeness (QED) is 0.178. The van der Waals surface area contributed by atoms with E-state index in [1.165, 1.54) is 23.1 Å². The molecule has 186 valence electrons. The molecule has 0 saturated carbocycles. The maximum absolute atomic E-state index is 13.1. The summed E-state index contributed by atoms with van der Waals surface area (Å²) in [6.45, 7) is 10.1. The normalized spacial score (nSPS) is 17.4. The first-order valence-electron chi connectivity index (χ1n) is 11.7. The number of nitro benzene ring substituents is 1. The number of amides is 1. The Bertz CT molecular complexity index is 1120. The molecule has 1 aliphatic heterocycles. The van der Waals surface area contributed by atoms with E-state index in [2.05, 4.69) is 4.90 Å². The van der Waals surface area contributed by atoms with Gasteiger partial charge in [-0.05, 0) is 56.8 Å². The Kier molecular flexibility index (Phi) is 8.24. The zero-order valence-electron chi connectivity index (χ0n) is 20.4. The summed E-state index contributed by atoms with van der Waals surface area (Å²) in [6, 6.07) is 11.4. The van der Waals surface area contributed by atoms with Crippen molar-refractivity contribution >= 4 is 23.1 Å². The summed E-state index contributed by atoms with van der Waals surface area (Å²) in [7, 11) is 0. The third-order valence-electron chi connectivity index (χ3n) is 5.99. The number of carbonyl (C=O) groups excluding carboxylic acids is 2. The maximum Gasteiger partial charge on any atom is 0.295 e. The fourth-order valence-electron chi connectivity index (χ4n) is 4.17. The second kappa shape index (κ2) is 11.1. The van der Waals surface area contributed by atoms with E-state index < -0.39 is 22.7 Å². The third kappa shape index (κ3) is 5.68. The molecule has 1 fully saturated rings. The molecule has 1 unspecified atom stereocenters. The van der Waals surface area contributed by atoms with Crippen LogP contribution in [0.2, 0.25) is 0 Å². The van der Waals surface area contributed by atoms with Crippen LogP contribution in [0.3, 0.4) is 0 Å². The fraction of sp³-hybridized carbons (Fsp3) is 0.385. The Hall–Kier alpha value is -3.72. The van der Waals surface area contributed by atoms with Crippen LogP contribution in [0.15, 0.2) is 54.1 Å². The molecular formula is C26H31N3O6. The van der Waals surface area contributed by atoms with Gasteiger partial charge in [-0.15, -0.1) is 0 Å². The van der Waals surface area contributed by atoms with Crippen molar-refractivity contribution in [1.29, 1.82) is 0 Å². The largest absolute Gasteiger partial charge is 0.507 e. The van der Waals surface area contributed by atoms with E-state index in [0.717, 1.165) is 13.1 Å². The topological polar surface area (TPSA) is 113 Å². The van der Waals surface area contributed by atoms with Crippen LogP contribution in [0.25, 0.3) is 5.76 Å². The molecule has 1 aliphatic rings. The number of aliphatic hydroxyl groups is 1. The van der Waals surface area contributed by atoms with Gasteiger partial charge in [0.1, 0.15) is 11.5 Å². The molecule has 1 N–H and O–H groups in total. The van der Waals surface area contributed by atoms with Crippen LogP contribution in [0.1, 0.15) is 44.9 Å². The first kappa shape index (κ1) is 25.9. The van der Waals surface area contributed by atoms with E-state index in [1.54, 1.807) is 30.3 Å². The highest BCUT2D eigenvalue weighted by atomic mass is 16.6. The second-order valence-electron chi connectivity index (χ2n) is 8.56. The predicted octanol–water partition coefficient (Wildman–Crippen LogP) is 4.15. The highest BCUT2D eigenvalue weighted by Crippen LogP contribution is 2.40. The standard InChI is InChI=1S/C26H31N3O6/c1-5-27(6-2)14-15-28-23(19-8-7-9-20(16-19)29(33)34)22(25(31)26(28)32)24(30)18-10-12-21(13-11-18)35-17(3)4/h7-13,16-17,23,30H,5-6,14-15H2,1-4H3/b24-22+. The number of hydrogen-bond donors (Lipinski definition) is 1. The highest BCUT2D eigenvalue weighted by Gasteiger charge is 2.46. The van der Waals surface area contributed by atoms with E-state index in [1.807, 2.05) is 27.7 Å². The molecule has 0 spiro atoms. The van der Waals surface area contributed by atoms with Gasteiger partial charge >= 0.3 is 0 Å². The molecule has 1 heterocycles. The number of Topliss-reactive ketones (excluding diaryl/α,β-unsaturated/α-hetero) is 1. The number of ketones is 1. The van der Waals surface area contributed by atoms with Gasteiger partial charge in [-0.3, -0.25) is 19.7 Å². The van der Waals surface area contributed by atoms with Crippen LogP contribution in [-0.4, -0.2) is 63.8 Å². The number of nitro groups is 1. The molecule has 9 nitrogen and oxygen atoms in total. The predicted molar refractivity (Wildman–Crippen MR) is 132 cm³/mol. The van der Waals surface area contributed by atoms with E-state index in [9.17, 15) is 24.8 Å². The number of hydrogen-bond acceptors (Lipinski definition) is 7. The Balaban J connectivity index is 2.09. The number of non-ortho nitro benzene ring substituents is 1. The lowest BCUT2D eigenvalue weighted by atomic mass is 9.95. The highest BCUT2D eigenvalue weighted by molar-refractivity contribution is 6.46. The maximum atomic E-state index is 13.1. The first-order valence-corrected chi connectivity index (χ1v) is 11.7. The van der Waals surface area contributed by atoms with Crippen molar-refractivity contribution in [3.05, 3.63) is 75.3 Å². The number of benzene rings is 2. The van der Waals surface area contributed by atoms with E-state index in [-0.39, 0.29) is 29.7 Å². The van der Waals surface area contributed by atoms with Crippen molar-refractivity contribution in [2.75, 3.05) is 26.2 Å². The molecule has 0 aromatic heterocycles. The van der Waals surface area contributed by atoms with Crippen LogP contribution in [0.5, 0.6) is 5.75 Å². The van der Waals surface area contributed by atoms with Crippen molar-refractivity contribution in [3.63, 3.8) is 0 Å². The van der Waals surface area contributed by atoms with Crippen LogP contribution in [0, 0.1) is 10.1 Å². The average Bonchev–Trinajstić information content (AvgIpc) is 3.09. The molecule has 0 radical (unpaired) electrons. The van der Waals surface area contributed by atoms with Gasteiger partial charge in [-0.2, -0.15) is 0 Å². The molecule has 1 saturated heterocycles. The van der Waals surface area contributed by atoms with E-state index in [4.69, 9.17) is 4.74 Å². The van der Waals surface area contributed by atoms with Gasteiger partial charge in [-0.1, -0.05) is 26.0 Å². The molecule has 1 amide bonds. The Morgan fingerprint density at radius 2 is 1.80 bits per heavy atom. The lowest BCUT2D eigenvalue weighted by molar-refractivity contribution is -0.384. The average molecular weight is 482 g/mol. The minimum absolute atomic E-state index is 0.0283. The van der Waals surface area contributed by atoms with Crippen molar-refractivity contribution in [2.24, 2.45) is 0 Å².